The Labute approximate surface area is 101 Å². The Morgan fingerprint density at radius 3 is 3.19 bits per heavy atom. The summed E-state index contributed by atoms with van der Waals surface area (Å²) in [5.41, 5.74) is 0. The third-order valence-electron chi connectivity index (χ3n) is 3.61. The summed E-state index contributed by atoms with van der Waals surface area (Å²) in [4.78, 5) is 6.94. The molecule has 2 heterocycles. The summed E-state index contributed by atoms with van der Waals surface area (Å²) in [6.45, 7) is 4.79. The van der Waals surface area contributed by atoms with E-state index in [1.54, 1.807) is 11.3 Å². The molecule has 88 valence electrons. The van der Waals surface area contributed by atoms with Gasteiger partial charge in [0.05, 0.1) is 5.01 Å². The third kappa shape index (κ3) is 2.62. The van der Waals surface area contributed by atoms with E-state index in [4.69, 9.17) is 0 Å². The fourth-order valence-corrected chi connectivity index (χ4v) is 3.10. The minimum absolute atomic E-state index is 0.769. The largest absolute Gasteiger partial charge is 0.311 e. The Morgan fingerprint density at radius 2 is 2.44 bits per heavy atom. The summed E-state index contributed by atoms with van der Waals surface area (Å²) in [7, 11) is 0. The molecule has 3 nitrogen and oxygen atoms in total. The van der Waals surface area contributed by atoms with E-state index in [1.165, 1.54) is 44.0 Å². The lowest BCUT2D eigenvalue weighted by Crippen LogP contribution is -2.52. The van der Waals surface area contributed by atoms with Gasteiger partial charge in [-0.1, -0.05) is 0 Å². The van der Waals surface area contributed by atoms with Crippen LogP contribution in [-0.2, 0) is 6.42 Å². The number of nitrogens with one attached hydrogen (secondary N) is 1. The molecule has 1 N–H and O–H groups in total. The van der Waals surface area contributed by atoms with E-state index in [-0.39, 0.29) is 0 Å². The first kappa shape index (κ1) is 10.7. The smallest absolute Gasteiger partial charge is 0.0937 e. The maximum Gasteiger partial charge on any atom is 0.0937 e. The van der Waals surface area contributed by atoms with Crippen molar-refractivity contribution in [2.75, 3.05) is 26.2 Å². The number of nitrogens with zero attached hydrogens (tertiary/aromatic N) is 2. The van der Waals surface area contributed by atoms with Crippen molar-refractivity contribution in [2.24, 2.45) is 5.92 Å². The molecular formula is C12H19N3S. The highest BCUT2D eigenvalue weighted by Crippen LogP contribution is 2.33. The van der Waals surface area contributed by atoms with Crippen LogP contribution in [0.15, 0.2) is 11.6 Å². The average molecular weight is 237 g/mol. The van der Waals surface area contributed by atoms with Crippen LogP contribution in [0, 0.1) is 5.92 Å². The van der Waals surface area contributed by atoms with Gasteiger partial charge in [0.25, 0.3) is 0 Å². The first-order valence-corrected chi connectivity index (χ1v) is 7.14. The number of thiazole rings is 1. The third-order valence-corrected chi connectivity index (χ3v) is 4.45. The van der Waals surface area contributed by atoms with Crippen LogP contribution in [0.3, 0.4) is 0 Å². The molecule has 1 aromatic heterocycles. The number of hydrogen-bond acceptors (Lipinski definition) is 4. The highest BCUT2D eigenvalue weighted by Gasteiger charge is 2.33. The Kier molecular flexibility index (Phi) is 3.22. The molecule has 1 saturated heterocycles. The molecule has 2 fully saturated rings. The van der Waals surface area contributed by atoms with E-state index >= 15 is 0 Å². The highest BCUT2D eigenvalue weighted by atomic mass is 32.1. The molecule has 16 heavy (non-hydrogen) atoms. The van der Waals surface area contributed by atoms with E-state index in [0.717, 1.165) is 18.4 Å². The Hall–Kier alpha value is -0.450. The molecule has 1 atom stereocenters. The maximum atomic E-state index is 4.34. The zero-order valence-corrected chi connectivity index (χ0v) is 10.4. The second kappa shape index (κ2) is 4.82. The molecule has 3 rings (SSSR count). The van der Waals surface area contributed by atoms with Crippen molar-refractivity contribution in [1.82, 2.24) is 15.2 Å². The van der Waals surface area contributed by atoms with Gasteiger partial charge in [-0.15, -0.1) is 11.3 Å². The zero-order chi connectivity index (χ0) is 10.8. The molecule has 1 aliphatic heterocycles. The van der Waals surface area contributed by atoms with Crippen LogP contribution in [0.25, 0.3) is 0 Å². The van der Waals surface area contributed by atoms with Gasteiger partial charge in [-0.25, -0.2) is 4.98 Å². The van der Waals surface area contributed by atoms with Gasteiger partial charge in [-0.05, 0) is 18.8 Å². The molecular weight excluding hydrogens is 218 g/mol. The van der Waals surface area contributed by atoms with Gasteiger partial charge in [-0.2, -0.15) is 0 Å². The number of rotatable bonds is 4. The first-order valence-electron chi connectivity index (χ1n) is 6.26. The van der Waals surface area contributed by atoms with Crippen LogP contribution >= 0.6 is 11.3 Å². The fourth-order valence-electron chi connectivity index (χ4n) is 2.49. The van der Waals surface area contributed by atoms with Crippen molar-refractivity contribution >= 4 is 11.3 Å². The van der Waals surface area contributed by atoms with Gasteiger partial charge < -0.3 is 10.2 Å². The first-order chi connectivity index (χ1) is 7.92. The van der Waals surface area contributed by atoms with E-state index in [0.29, 0.717) is 0 Å². The monoisotopic (exact) mass is 237 g/mol. The Morgan fingerprint density at radius 1 is 1.50 bits per heavy atom. The molecule has 4 heteroatoms. The summed E-state index contributed by atoms with van der Waals surface area (Å²) in [6.07, 6.45) is 5.91. The van der Waals surface area contributed by atoms with Crippen molar-refractivity contribution in [3.8, 4) is 0 Å². The van der Waals surface area contributed by atoms with Crippen LogP contribution in [0.5, 0.6) is 0 Å². The predicted octanol–water partition coefficient (Wildman–Crippen LogP) is 1.37. The quantitative estimate of drug-likeness (QED) is 0.857. The molecule has 2 aliphatic rings. The minimum Gasteiger partial charge on any atom is -0.311 e. The van der Waals surface area contributed by atoms with Gasteiger partial charge in [0.2, 0.25) is 0 Å². The van der Waals surface area contributed by atoms with Crippen molar-refractivity contribution in [2.45, 2.75) is 25.3 Å². The highest BCUT2D eigenvalue weighted by molar-refractivity contribution is 7.09. The van der Waals surface area contributed by atoms with Crippen molar-refractivity contribution in [3.05, 3.63) is 16.6 Å². The van der Waals surface area contributed by atoms with Crippen LogP contribution < -0.4 is 5.32 Å². The molecule has 0 amide bonds. The van der Waals surface area contributed by atoms with E-state index in [2.05, 4.69) is 20.6 Å². The van der Waals surface area contributed by atoms with Gasteiger partial charge in [0.1, 0.15) is 0 Å². The number of aromatic nitrogens is 1. The van der Waals surface area contributed by atoms with Crippen LogP contribution in [0.4, 0.5) is 0 Å². The second-order valence-corrected chi connectivity index (χ2v) is 5.85. The second-order valence-electron chi connectivity index (χ2n) is 4.87. The van der Waals surface area contributed by atoms with Gasteiger partial charge in [0.15, 0.2) is 0 Å². The van der Waals surface area contributed by atoms with Crippen LogP contribution in [0.1, 0.15) is 17.8 Å². The zero-order valence-electron chi connectivity index (χ0n) is 9.56. The standard InChI is InChI=1S/C12H19N3S/c1-2-10(1)11-9-15(7-4-13-11)6-3-12-14-5-8-16-12/h5,8,10-11,13H,1-4,6-7,9H2. The molecule has 0 bridgehead atoms. The molecule has 0 radical (unpaired) electrons. The molecule has 1 saturated carbocycles. The summed E-state index contributed by atoms with van der Waals surface area (Å²) < 4.78 is 0. The van der Waals surface area contributed by atoms with E-state index in [9.17, 15) is 0 Å². The molecule has 1 unspecified atom stereocenters. The summed E-state index contributed by atoms with van der Waals surface area (Å²) in [6, 6.07) is 0.769. The van der Waals surface area contributed by atoms with Crippen molar-refractivity contribution in [3.63, 3.8) is 0 Å². The molecule has 1 aromatic rings. The lowest BCUT2D eigenvalue weighted by molar-refractivity contribution is 0.190. The maximum absolute atomic E-state index is 4.34. The SMILES string of the molecule is c1csc(CCN2CCNC(C3CC3)C2)n1. The minimum atomic E-state index is 0.769. The van der Waals surface area contributed by atoms with Gasteiger partial charge in [0, 0.05) is 50.2 Å². The average Bonchev–Trinajstić information content (AvgIpc) is 3.05. The topological polar surface area (TPSA) is 28.2 Å². The van der Waals surface area contributed by atoms with Gasteiger partial charge >= 0.3 is 0 Å². The molecule has 1 aliphatic carbocycles. The van der Waals surface area contributed by atoms with E-state index < -0.39 is 0 Å². The van der Waals surface area contributed by atoms with Crippen molar-refractivity contribution < 1.29 is 0 Å². The lowest BCUT2D eigenvalue weighted by Gasteiger charge is -2.33. The summed E-state index contributed by atoms with van der Waals surface area (Å²) >= 11 is 1.78. The number of hydrogen-bond donors (Lipinski definition) is 1. The summed E-state index contributed by atoms with van der Waals surface area (Å²) in [5.74, 6) is 0.975. The summed E-state index contributed by atoms with van der Waals surface area (Å²) in [5, 5.41) is 7.00. The fraction of sp³-hybridized carbons (Fsp3) is 0.750. The molecule has 0 aromatic carbocycles. The van der Waals surface area contributed by atoms with Gasteiger partial charge in [-0.3, -0.25) is 0 Å². The van der Waals surface area contributed by atoms with E-state index in [1.807, 2.05) is 6.20 Å². The molecule has 0 spiro atoms. The lowest BCUT2D eigenvalue weighted by atomic mass is 10.1. The van der Waals surface area contributed by atoms with Crippen LogP contribution in [-0.4, -0.2) is 42.1 Å². The normalized spacial score (nSPS) is 27.1. The van der Waals surface area contributed by atoms with Crippen molar-refractivity contribution in [1.29, 1.82) is 0 Å². The predicted molar refractivity (Wildman–Crippen MR) is 66.8 cm³/mol. The Bertz CT molecular complexity index is 321. The number of piperazine rings is 1. The Balaban J connectivity index is 1.47. The van der Waals surface area contributed by atoms with Crippen LogP contribution in [0.2, 0.25) is 0 Å².